The van der Waals surface area contributed by atoms with E-state index >= 15 is 0 Å². The molecule has 6 nitrogen and oxygen atoms in total. The highest BCUT2D eigenvalue weighted by Crippen LogP contribution is 2.29. The van der Waals surface area contributed by atoms with E-state index in [2.05, 4.69) is 37.3 Å². The van der Waals surface area contributed by atoms with E-state index in [4.69, 9.17) is 4.74 Å². The van der Waals surface area contributed by atoms with Gasteiger partial charge in [-0.2, -0.15) is 0 Å². The summed E-state index contributed by atoms with van der Waals surface area (Å²) in [5.41, 5.74) is 3.93. The summed E-state index contributed by atoms with van der Waals surface area (Å²) in [7, 11) is 1.65. The average molecular weight is 567 g/mol. The zero-order chi connectivity index (χ0) is 25.1. The topological polar surface area (TPSA) is 63.6 Å². The zero-order valence-corrected chi connectivity index (χ0v) is 22.5. The van der Waals surface area contributed by atoms with Crippen LogP contribution in [-0.2, 0) is 17.9 Å². The summed E-state index contributed by atoms with van der Waals surface area (Å²) >= 11 is 5.11. The van der Waals surface area contributed by atoms with Crippen molar-refractivity contribution in [2.75, 3.05) is 20.2 Å². The summed E-state index contributed by atoms with van der Waals surface area (Å²) < 4.78 is 9.48. The second-order valence-corrected chi connectivity index (χ2v) is 10.9. The normalized spacial score (nSPS) is 14.2. The van der Waals surface area contributed by atoms with Crippen molar-refractivity contribution in [1.29, 1.82) is 0 Å². The number of likely N-dealkylation sites (tertiary alicyclic amines) is 1. The number of methoxy groups -OCH3 is 1. The van der Waals surface area contributed by atoms with E-state index in [1.165, 1.54) is 0 Å². The molecule has 36 heavy (non-hydrogen) atoms. The number of nitrogens with zero attached hydrogens (tertiary/aromatic N) is 2. The number of rotatable bonds is 7. The van der Waals surface area contributed by atoms with Gasteiger partial charge in [-0.05, 0) is 65.7 Å². The fourth-order valence-electron chi connectivity index (χ4n) is 4.73. The minimum absolute atomic E-state index is 0.0277. The molecule has 0 radical (unpaired) electrons. The third-order valence-electron chi connectivity index (χ3n) is 6.75. The number of nitrogens with one attached hydrogen (secondary N) is 1. The van der Waals surface area contributed by atoms with Crippen LogP contribution in [0.1, 0.15) is 34.5 Å². The summed E-state index contributed by atoms with van der Waals surface area (Å²) in [5, 5.41) is 5.11. The van der Waals surface area contributed by atoms with Crippen LogP contribution in [0.2, 0.25) is 0 Å². The molecular weight excluding hydrogens is 538 g/mol. The van der Waals surface area contributed by atoms with E-state index in [-0.39, 0.29) is 17.7 Å². The molecule has 1 saturated heterocycles. The van der Waals surface area contributed by atoms with Crippen LogP contribution in [0.4, 0.5) is 0 Å². The molecule has 4 aromatic rings. The van der Waals surface area contributed by atoms with E-state index in [0.717, 1.165) is 31.6 Å². The highest BCUT2D eigenvalue weighted by molar-refractivity contribution is 9.10. The largest absolute Gasteiger partial charge is 0.497 e. The molecule has 2 aromatic carbocycles. The van der Waals surface area contributed by atoms with Gasteiger partial charge >= 0.3 is 0 Å². The van der Waals surface area contributed by atoms with Gasteiger partial charge in [0.2, 0.25) is 5.91 Å². The molecule has 0 aliphatic carbocycles. The highest BCUT2D eigenvalue weighted by Gasteiger charge is 2.29. The van der Waals surface area contributed by atoms with Gasteiger partial charge in [0.05, 0.1) is 17.3 Å². The summed E-state index contributed by atoms with van der Waals surface area (Å²) in [5.74, 6) is 0.827. The lowest BCUT2D eigenvalue weighted by molar-refractivity contribution is -0.126. The Bertz CT molecular complexity index is 1370. The number of carbonyl (C=O) groups excluding carboxylic acids is 2. The van der Waals surface area contributed by atoms with Crippen LogP contribution < -0.4 is 10.1 Å². The van der Waals surface area contributed by atoms with Crippen molar-refractivity contribution in [2.24, 2.45) is 5.92 Å². The molecule has 2 aromatic heterocycles. The number of carbonyl (C=O) groups is 2. The molecule has 0 spiro atoms. The number of hydrogen-bond acceptors (Lipinski definition) is 4. The first kappa shape index (κ1) is 24.6. The van der Waals surface area contributed by atoms with Crippen LogP contribution in [0.15, 0.2) is 70.5 Å². The number of thiophene rings is 1. The van der Waals surface area contributed by atoms with Gasteiger partial charge in [0, 0.05) is 36.6 Å². The van der Waals surface area contributed by atoms with E-state index in [0.29, 0.717) is 44.7 Å². The Morgan fingerprint density at radius 3 is 2.56 bits per heavy atom. The third-order valence-corrected chi connectivity index (χ3v) is 8.10. The van der Waals surface area contributed by atoms with Gasteiger partial charge in [-0.1, -0.05) is 40.2 Å². The van der Waals surface area contributed by atoms with Crippen LogP contribution in [0, 0.1) is 5.92 Å². The minimum atomic E-state index is -0.0733. The van der Waals surface area contributed by atoms with Crippen molar-refractivity contribution in [1.82, 2.24) is 14.8 Å². The Hall–Kier alpha value is -3.10. The lowest BCUT2D eigenvalue weighted by atomic mass is 9.95. The van der Waals surface area contributed by atoms with E-state index in [1.54, 1.807) is 18.4 Å². The number of piperidine rings is 1. The molecule has 5 rings (SSSR count). The van der Waals surface area contributed by atoms with Gasteiger partial charge in [0.15, 0.2) is 0 Å². The number of ether oxygens (including phenoxy) is 1. The van der Waals surface area contributed by atoms with Gasteiger partial charge in [0.25, 0.3) is 5.91 Å². The quantitative estimate of drug-likeness (QED) is 0.313. The van der Waals surface area contributed by atoms with Crippen molar-refractivity contribution in [3.8, 4) is 5.75 Å². The smallest absolute Gasteiger partial charge is 0.270 e. The summed E-state index contributed by atoms with van der Waals surface area (Å²) in [6.45, 7) is 2.27. The fourth-order valence-corrected chi connectivity index (χ4v) is 5.99. The van der Waals surface area contributed by atoms with Gasteiger partial charge in [-0.3, -0.25) is 9.59 Å². The monoisotopic (exact) mass is 565 g/mol. The van der Waals surface area contributed by atoms with Crippen LogP contribution >= 0.6 is 27.3 Å². The molecule has 0 bridgehead atoms. The summed E-state index contributed by atoms with van der Waals surface area (Å²) in [6, 6.07) is 20.0. The number of aromatic nitrogens is 1. The van der Waals surface area contributed by atoms with Crippen LogP contribution in [-0.4, -0.2) is 41.5 Å². The third kappa shape index (κ3) is 5.34. The van der Waals surface area contributed by atoms with E-state index < -0.39 is 0 Å². The Morgan fingerprint density at radius 1 is 1.06 bits per heavy atom. The Labute approximate surface area is 223 Å². The highest BCUT2D eigenvalue weighted by atomic mass is 79.9. The lowest BCUT2D eigenvalue weighted by Crippen LogP contribution is -2.43. The van der Waals surface area contributed by atoms with Crippen LogP contribution in [0.3, 0.4) is 0 Å². The number of fused-ring (bicyclic) bond motifs is 1. The average Bonchev–Trinajstić information content (AvgIpc) is 3.50. The van der Waals surface area contributed by atoms with Gasteiger partial charge in [-0.25, -0.2) is 0 Å². The molecule has 8 heteroatoms. The minimum Gasteiger partial charge on any atom is -0.497 e. The van der Waals surface area contributed by atoms with Crippen molar-refractivity contribution >= 4 is 49.3 Å². The zero-order valence-electron chi connectivity index (χ0n) is 20.1. The van der Waals surface area contributed by atoms with E-state index in [9.17, 15) is 9.59 Å². The van der Waals surface area contributed by atoms with Crippen molar-refractivity contribution in [2.45, 2.75) is 25.9 Å². The maximum atomic E-state index is 13.6. The van der Waals surface area contributed by atoms with Gasteiger partial charge < -0.3 is 19.5 Å². The predicted octanol–water partition coefficient (Wildman–Crippen LogP) is 5.69. The lowest BCUT2D eigenvalue weighted by Gasteiger charge is -2.31. The maximum Gasteiger partial charge on any atom is 0.270 e. The number of halogens is 1. The molecule has 0 unspecified atom stereocenters. The van der Waals surface area contributed by atoms with Crippen molar-refractivity contribution < 1.29 is 14.3 Å². The number of hydrogen-bond donors (Lipinski definition) is 1. The SMILES string of the molecule is COc1ccc(Cn2c(C(=O)N3CCC(C(=O)NCc4cccc(Br)c4)CC3)cc3sccc32)cc1. The van der Waals surface area contributed by atoms with Crippen LogP contribution in [0.25, 0.3) is 10.2 Å². The van der Waals surface area contributed by atoms with Crippen molar-refractivity contribution in [3.05, 3.63) is 87.3 Å². The van der Waals surface area contributed by atoms with Crippen LogP contribution in [0.5, 0.6) is 5.75 Å². The molecule has 2 amide bonds. The second kappa shape index (κ2) is 10.9. The molecule has 1 aliphatic rings. The Kier molecular flexibility index (Phi) is 7.43. The molecule has 1 N–H and O–H groups in total. The summed E-state index contributed by atoms with van der Waals surface area (Å²) in [6.07, 6.45) is 1.34. The number of benzene rings is 2. The number of amides is 2. The fraction of sp³-hybridized carbons (Fsp3) is 0.286. The Balaban J connectivity index is 1.24. The molecule has 3 heterocycles. The molecule has 1 aliphatic heterocycles. The summed E-state index contributed by atoms with van der Waals surface area (Å²) in [4.78, 5) is 28.2. The Morgan fingerprint density at radius 2 is 1.83 bits per heavy atom. The molecule has 186 valence electrons. The van der Waals surface area contributed by atoms with Gasteiger partial charge in [0.1, 0.15) is 11.4 Å². The first-order valence-electron chi connectivity index (χ1n) is 12.0. The second-order valence-electron chi connectivity index (χ2n) is 9.05. The van der Waals surface area contributed by atoms with Gasteiger partial charge in [-0.15, -0.1) is 11.3 Å². The predicted molar refractivity (Wildman–Crippen MR) is 147 cm³/mol. The first-order chi connectivity index (χ1) is 17.5. The molecule has 0 saturated carbocycles. The standard InChI is InChI=1S/C28H28BrN3O3S/c1-35-23-7-5-19(6-8-23)18-32-24-11-14-36-26(24)16-25(32)28(34)31-12-9-21(10-13-31)27(33)30-17-20-3-2-4-22(29)15-20/h2-8,11,14-16,21H,9-10,12-13,17-18H2,1H3,(H,30,33). The maximum absolute atomic E-state index is 13.6. The molecular formula is C28H28BrN3O3S. The van der Waals surface area contributed by atoms with E-state index in [1.807, 2.05) is 59.5 Å². The molecule has 0 atom stereocenters. The first-order valence-corrected chi connectivity index (χ1v) is 13.7. The molecule has 1 fully saturated rings. The van der Waals surface area contributed by atoms with Crippen molar-refractivity contribution in [3.63, 3.8) is 0 Å².